The summed E-state index contributed by atoms with van der Waals surface area (Å²) in [6.45, 7) is 1.62. The van der Waals surface area contributed by atoms with Crippen LogP contribution in [0.25, 0.3) is 0 Å². The third-order valence-electron chi connectivity index (χ3n) is 3.55. The van der Waals surface area contributed by atoms with Crippen LogP contribution in [0, 0.1) is 6.92 Å². The largest absolute Gasteiger partial charge is 0.484 e. The highest BCUT2D eigenvalue weighted by Crippen LogP contribution is 2.19. The van der Waals surface area contributed by atoms with Gasteiger partial charge in [0.15, 0.2) is 6.61 Å². The van der Waals surface area contributed by atoms with Gasteiger partial charge in [0, 0.05) is 26.2 Å². The molecule has 0 aromatic heterocycles. The van der Waals surface area contributed by atoms with Crippen LogP contribution >= 0.6 is 0 Å². The van der Waals surface area contributed by atoms with E-state index in [2.05, 4.69) is 0 Å². The average molecular weight is 330 g/mol. The molecule has 126 valence electrons. The number of carbonyl (C=O) groups excluding carboxylic acids is 2. The quantitative estimate of drug-likeness (QED) is 0.846. The second kappa shape index (κ2) is 6.89. The molecule has 23 heavy (non-hydrogen) atoms. The van der Waals surface area contributed by atoms with E-state index < -0.39 is 12.1 Å². The van der Waals surface area contributed by atoms with E-state index in [1.54, 1.807) is 12.1 Å². The molecule has 1 aromatic rings. The lowest BCUT2D eigenvalue weighted by Gasteiger charge is -2.34. The van der Waals surface area contributed by atoms with E-state index >= 15 is 0 Å². The molecule has 1 aromatic carbocycles. The summed E-state index contributed by atoms with van der Waals surface area (Å²) in [5.74, 6) is -1.62. The van der Waals surface area contributed by atoms with Gasteiger partial charge in [0.05, 0.1) is 0 Å². The van der Waals surface area contributed by atoms with Crippen LogP contribution in [0.1, 0.15) is 5.56 Å². The molecule has 8 heteroatoms. The molecule has 0 radical (unpaired) electrons. The molecule has 0 saturated carbocycles. The number of aryl methyl sites for hydroxylation is 1. The van der Waals surface area contributed by atoms with Gasteiger partial charge >= 0.3 is 12.1 Å². The Hall–Kier alpha value is -2.25. The van der Waals surface area contributed by atoms with Gasteiger partial charge < -0.3 is 14.5 Å². The van der Waals surface area contributed by atoms with Crippen molar-refractivity contribution in [3.05, 3.63) is 29.8 Å². The number of carbonyl (C=O) groups is 2. The van der Waals surface area contributed by atoms with Crippen molar-refractivity contribution in [3.8, 4) is 5.75 Å². The van der Waals surface area contributed by atoms with E-state index in [0.29, 0.717) is 10.6 Å². The molecule has 0 N–H and O–H groups in total. The fourth-order valence-corrected chi connectivity index (χ4v) is 2.21. The highest BCUT2D eigenvalue weighted by Gasteiger charge is 2.43. The molecule has 2 rings (SSSR count). The number of alkyl halides is 3. The summed E-state index contributed by atoms with van der Waals surface area (Å²) in [5.41, 5.74) is 1.06. The third kappa shape index (κ3) is 4.61. The maximum Gasteiger partial charge on any atom is 0.471 e. The lowest BCUT2D eigenvalue weighted by Crippen LogP contribution is -2.54. The van der Waals surface area contributed by atoms with Gasteiger partial charge in [-0.2, -0.15) is 13.2 Å². The first-order chi connectivity index (χ1) is 10.8. The van der Waals surface area contributed by atoms with Gasteiger partial charge in [-0.05, 0) is 19.1 Å². The van der Waals surface area contributed by atoms with Gasteiger partial charge in [0.2, 0.25) is 0 Å². The summed E-state index contributed by atoms with van der Waals surface area (Å²) in [6.07, 6.45) is -4.87. The number of amides is 2. The average Bonchev–Trinajstić information content (AvgIpc) is 2.52. The Labute approximate surface area is 131 Å². The zero-order chi connectivity index (χ0) is 17.0. The van der Waals surface area contributed by atoms with Crippen molar-refractivity contribution in [1.82, 2.24) is 9.80 Å². The van der Waals surface area contributed by atoms with Crippen LogP contribution in [0.3, 0.4) is 0 Å². The van der Waals surface area contributed by atoms with Crippen molar-refractivity contribution in [2.24, 2.45) is 0 Å². The third-order valence-corrected chi connectivity index (χ3v) is 3.55. The molecule has 1 saturated heterocycles. The summed E-state index contributed by atoms with van der Waals surface area (Å²) in [5, 5.41) is 0. The van der Waals surface area contributed by atoms with E-state index in [9.17, 15) is 22.8 Å². The Balaban J connectivity index is 1.79. The molecule has 0 unspecified atom stereocenters. The summed E-state index contributed by atoms with van der Waals surface area (Å²) in [7, 11) is 0. The number of benzene rings is 1. The smallest absolute Gasteiger partial charge is 0.471 e. The van der Waals surface area contributed by atoms with Gasteiger partial charge in [-0.25, -0.2) is 0 Å². The zero-order valence-electron chi connectivity index (χ0n) is 12.6. The van der Waals surface area contributed by atoms with Gasteiger partial charge in [0.1, 0.15) is 5.75 Å². The Morgan fingerprint density at radius 3 is 2.09 bits per heavy atom. The molecule has 1 aliphatic rings. The molecule has 1 aliphatic heterocycles. The second-order valence-corrected chi connectivity index (χ2v) is 5.27. The van der Waals surface area contributed by atoms with Crippen LogP contribution < -0.4 is 4.74 Å². The first kappa shape index (κ1) is 17.1. The minimum atomic E-state index is -4.87. The van der Waals surface area contributed by atoms with Crippen LogP contribution in [0.15, 0.2) is 24.3 Å². The first-order valence-electron chi connectivity index (χ1n) is 7.11. The summed E-state index contributed by atoms with van der Waals surface area (Å²) >= 11 is 0. The maximum atomic E-state index is 12.3. The van der Waals surface area contributed by atoms with Crippen LogP contribution in [-0.4, -0.2) is 60.6 Å². The number of hydrogen-bond donors (Lipinski definition) is 0. The van der Waals surface area contributed by atoms with Crippen molar-refractivity contribution in [2.45, 2.75) is 13.1 Å². The predicted molar refractivity (Wildman–Crippen MR) is 75.9 cm³/mol. The Bertz CT molecular complexity index is 564. The highest BCUT2D eigenvalue weighted by atomic mass is 19.4. The summed E-state index contributed by atoms with van der Waals surface area (Å²) < 4.78 is 42.4. The molecule has 5 nitrogen and oxygen atoms in total. The Morgan fingerprint density at radius 1 is 1.04 bits per heavy atom. The monoisotopic (exact) mass is 330 g/mol. The van der Waals surface area contributed by atoms with Crippen molar-refractivity contribution in [1.29, 1.82) is 0 Å². The molecule has 2 amide bonds. The number of halogens is 3. The van der Waals surface area contributed by atoms with E-state index in [1.807, 2.05) is 19.1 Å². The van der Waals surface area contributed by atoms with E-state index in [-0.39, 0.29) is 38.7 Å². The Morgan fingerprint density at radius 2 is 1.57 bits per heavy atom. The maximum absolute atomic E-state index is 12.3. The van der Waals surface area contributed by atoms with Crippen LogP contribution in [0.2, 0.25) is 0 Å². The molecular weight excluding hydrogens is 313 g/mol. The number of piperazine rings is 1. The molecule has 1 heterocycles. The van der Waals surface area contributed by atoms with Crippen molar-refractivity contribution >= 4 is 11.8 Å². The minimum Gasteiger partial charge on any atom is -0.484 e. The molecule has 0 bridgehead atoms. The second-order valence-electron chi connectivity index (χ2n) is 5.27. The molecule has 1 fully saturated rings. The number of nitrogens with zero attached hydrogens (tertiary/aromatic N) is 2. The van der Waals surface area contributed by atoms with Crippen molar-refractivity contribution in [3.63, 3.8) is 0 Å². The summed E-state index contributed by atoms with van der Waals surface area (Å²) in [6, 6.07) is 7.17. The van der Waals surface area contributed by atoms with Crippen molar-refractivity contribution in [2.75, 3.05) is 32.8 Å². The van der Waals surface area contributed by atoms with Crippen LogP contribution in [0.5, 0.6) is 5.75 Å². The van der Waals surface area contributed by atoms with Crippen LogP contribution in [-0.2, 0) is 9.59 Å². The van der Waals surface area contributed by atoms with E-state index in [4.69, 9.17) is 4.74 Å². The normalized spacial score (nSPS) is 15.5. The zero-order valence-corrected chi connectivity index (χ0v) is 12.6. The first-order valence-corrected chi connectivity index (χ1v) is 7.11. The van der Waals surface area contributed by atoms with Gasteiger partial charge in [-0.3, -0.25) is 9.59 Å². The SMILES string of the molecule is Cc1ccc(OCC(=O)N2CCN(C(=O)C(F)(F)F)CC2)cc1. The fourth-order valence-electron chi connectivity index (χ4n) is 2.21. The molecule has 0 spiro atoms. The Kier molecular flexibility index (Phi) is 5.12. The van der Waals surface area contributed by atoms with Gasteiger partial charge in [0.25, 0.3) is 5.91 Å². The number of hydrogen-bond acceptors (Lipinski definition) is 3. The van der Waals surface area contributed by atoms with E-state index in [0.717, 1.165) is 5.56 Å². The fraction of sp³-hybridized carbons (Fsp3) is 0.467. The molecule has 0 atom stereocenters. The standard InChI is InChI=1S/C15H17F3N2O3/c1-11-2-4-12(5-3-11)23-10-13(21)19-6-8-20(9-7-19)14(22)15(16,17)18/h2-5H,6-10H2,1H3. The highest BCUT2D eigenvalue weighted by molar-refractivity contribution is 5.82. The molecule has 0 aliphatic carbocycles. The number of rotatable bonds is 3. The molecular formula is C15H17F3N2O3. The lowest BCUT2D eigenvalue weighted by molar-refractivity contribution is -0.187. The van der Waals surface area contributed by atoms with Gasteiger partial charge in [-0.1, -0.05) is 17.7 Å². The minimum absolute atomic E-state index is 0.0674. The van der Waals surface area contributed by atoms with Crippen molar-refractivity contribution < 1.29 is 27.5 Å². The topological polar surface area (TPSA) is 49.9 Å². The predicted octanol–water partition coefficient (Wildman–Crippen LogP) is 1.61. The van der Waals surface area contributed by atoms with Gasteiger partial charge in [-0.15, -0.1) is 0 Å². The summed E-state index contributed by atoms with van der Waals surface area (Å²) in [4.78, 5) is 25.2. The van der Waals surface area contributed by atoms with Crippen LogP contribution in [0.4, 0.5) is 13.2 Å². The number of ether oxygens (including phenoxy) is 1. The lowest BCUT2D eigenvalue weighted by atomic mass is 10.2. The van der Waals surface area contributed by atoms with E-state index in [1.165, 1.54) is 4.90 Å².